The Morgan fingerprint density at radius 2 is 2.06 bits per heavy atom. The maximum atomic E-state index is 11.7. The van der Waals surface area contributed by atoms with Crippen molar-refractivity contribution < 1.29 is 9.90 Å². The highest BCUT2D eigenvalue weighted by Gasteiger charge is 2.26. The van der Waals surface area contributed by atoms with Crippen LogP contribution in [0.15, 0.2) is 24.3 Å². The van der Waals surface area contributed by atoms with Crippen molar-refractivity contribution in [2.45, 2.75) is 13.5 Å². The third-order valence-electron chi connectivity index (χ3n) is 3.27. The summed E-state index contributed by atoms with van der Waals surface area (Å²) in [4.78, 5) is 13.7. The van der Waals surface area contributed by atoms with Crippen LogP contribution >= 0.6 is 0 Å². The molecule has 98 valence electrons. The zero-order chi connectivity index (χ0) is 13.0. The van der Waals surface area contributed by atoms with Crippen LogP contribution in [0.5, 0.6) is 0 Å². The summed E-state index contributed by atoms with van der Waals surface area (Å²) < 4.78 is 0. The second-order valence-electron chi connectivity index (χ2n) is 5.01. The summed E-state index contributed by atoms with van der Waals surface area (Å²) in [5.74, 6) is 0.405. The number of likely N-dealkylation sites (tertiary alicyclic amines) is 1. The van der Waals surface area contributed by atoms with E-state index in [1.54, 1.807) is 0 Å². The molecular formula is C14H20N2O2. The molecule has 4 heteroatoms. The third kappa shape index (κ3) is 3.55. The van der Waals surface area contributed by atoms with Crippen LogP contribution in [-0.2, 0) is 11.3 Å². The van der Waals surface area contributed by atoms with E-state index in [-0.39, 0.29) is 12.5 Å². The minimum Gasteiger partial charge on any atom is -0.396 e. The highest BCUT2D eigenvalue weighted by molar-refractivity contribution is 5.78. The van der Waals surface area contributed by atoms with Gasteiger partial charge in [-0.15, -0.1) is 0 Å². The van der Waals surface area contributed by atoms with Crippen LogP contribution in [0.2, 0.25) is 0 Å². The highest BCUT2D eigenvalue weighted by Crippen LogP contribution is 2.13. The second kappa shape index (κ2) is 5.98. The number of amides is 1. The van der Waals surface area contributed by atoms with Crippen molar-refractivity contribution in [2.75, 3.05) is 26.2 Å². The smallest absolute Gasteiger partial charge is 0.234 e. The molecule has 0 unspecified atom stereocenters. The number of carbonyl (C=O) groups is 1. The molecule has 0 spiro atoms. The molecule has 2 N–H and O–H groups in total. The Kier molecular flexibility index (Phi) is 4.33. The van der Waals surface area contributed by atoms with E-state index in [4.69, 9.17) is 5.11 Å². The molecule has 1 aromatic carbocycles. The van der Waals surface area contributed by atoms with Crippen molar-refractivity contribution in [3.05, 3.63) is 35.4 Å². The van der Waals surface area contributed by atoms with Gasteiger partial charge in [-0.3, -0.25) is 9.69 Å². The molecule has 0 radical (unpaired) electrons. The van der Waals surface area contributed by atoms with Crippen molar-refractivity contribution in [2.24, 2.45) is 5.92 Å². The van der Waals surface area contributed by atoms with Gasteiger partial charge in [-0.1, -0.05) is 29.8 Å². The van der Waals surface area contributed by atoms with E-state index < -0.39 is 0 Å². The van der Waals surface area contributed by atoms with Crippen molar-refractivity contribution >= 4 is 5.91 Å². The van der Waals surface area contributed by atoms with Gasteiger partial charge in [0.2, 0.25) is 5.91 Å². The molecule has 1 fully saturated rings. The van der Waals surface area contributed by atoms with E-state index in [0.717, 1.165) is 18.7 Å². The molecule has 0 atom stereocenters. The molecule has 1 aromatic rings. The molecule has 1 saturated heterocycles. The molecule has 1 amide bonds. The first-order chi connectivity index (χ1) is 8.67. The molecular weight excluding hydrogens is 228 g/mol. The number of aryl methyl sites for hydroxylation is 1. The van der Waals surface area contributed by atoms with Crippen LogP contribution in [0, 0.1) is 12.8 Å². The summed E-state index contributed by atoms with van der Waals surface area (Å²) in [6.45, 7) is 4.94. The first-order valence-electron chi connectivity index (χ1n) is 6.33. The van der Waals surface area contributed by atoms with E-state index in [0.29, 0.717) is 19.0 Å². The summed E-state index contributed by atoms with van der Waals surface area (Å²) in [7, 11) is 0. The topological polar surface area (TPSA) is 52.6 Å². The molecule has 4 nitrogen and oxygen atoms in total. The molecule has 0 bridgehead atoms. The third-order valence-corrected chi connectivity index (χ3v) is 3.27. The van der Waals surface area contributed by atoms with E-state index in [9.17, 15) is 4.79 Å². The monoisotopic (exact) mass is 248 g/mol. The largest absolute Gasteiger partial charge is 0.396 e. The molecule has 2 rings (SSSR count). The summed E-state index contributed by atoms with van der Waals surface area (Å²) >= 11 is 0. The Hall–Kier alpha value is -1.39. The van der Waals surface area contributed by atoms with Crippen LogP contribution < -0.4 is 5.32 Å². The van der Waals surface area contributed by atoms with Gasteiger partial charge in [-0.25, -0.2) is 0 Å². The minimum absolute atomic E-state index is 0.0481. The zero-order valence-electron chi connectivity index (χ0n) is 10.7. The molecule has 18 heavy (non-hydrogen) atoms. The van der Waals surface area contributed by atoms with Gasteiger partial charge in [0.25, 0.3) is 0 Å². The van der Waals surface area contributed by atoms with Gasteiger partial charge in [0.15, 0.2) is 0 Å². The average molecular weight is 248 g/mol. The molecule has 1 aliphatic heterocycles. The fourth-order valence-corrected chi connectivity index (χ4v) is 2.09. The zero-order valence-corrected chi connectivity index (χ0v) is 10.7. The Labute approximate surface area is 108 Å². The number of hydrogen-bond donors (Lipinski definition) is 2. The normalized spacial score (nSPS) is 16.3. The lowest BCUT2D eigenvalue weighted by Gasteiger charge is -2.37. The van der Waals surface area contributed by atoms with Crippen LogP contribution in [0.4, 0.5) is 0 Å². The van der Waals surface area contributed by atoms with Crippen molar-refractivity contribution in [3.63, 3.8) is 0 Å². The number of rotatable bonds is 5. The van der Waals surface area contributed by atoms with Gasteiger partial charge in [-0.2, -0.15) is 0 Å². The van der Waals surface area contributed by atoms with Gasteiger partial charge >= 0.3 is 0 Å². The van der Waals surface area contributed by atoms with Crippen LogP contribution in [0.3, 0.4) is 0 Å². The Morgan fingerprint density at radius 3 is 2.67 bits per heavy atom. The molecule has 0 aromatic heterocycles. The van der Waals surface area contributed by atoms with Crippen LogP contribution in [0.25, 0.3) is 0 Å². The van der Waals surface area contributed by atoms with E-state index in [1.165, 1.54) is 5.56 Å². The van der Waals surface area contributed by atoms with E-state index in [2.05, 4.69) is 5.32 Å². The van der Waals surface area contributed by atoms with Crippen molar-refractivity contribution in [1.82, 2.24) is 10.2 Å². The van der Waals surface area contributed by atoms with Gasteiger partial charge in [0.1, 0.15) is 0 Å². The summed E-state index contributed by atoms with van der Waals surface area (Å²) in [6, 6.07) is 8.15. The maximum Gasteiger partial charge on any atom is 0.234 e. The SMILES string of the molecule is Cc1ccc(CNC(=O)CN2CC(CO)C2)cc1. The lowest BCUT2D eigenvalue weighted by molar-refractivity contribution is -0.124. The lowest BCUT2D eigenvalue weighted by Crippen LogP contribution is -2.51. The molecule has 1 heterocycles. The minimum atomic E-state index is 0.0481. The average Bonchev–Trinajstić information content (AvgIpc) is 2.32. The fourth-order valence-electron chi connectivity index (χ4n) is 2.09. The van der Waals surface area contributed by atoms with Gasteiger partial charge in [-0.05, 0) is 12.5 Å². The first kappa shape index (κ1) is 13.1. The van der Waals surface area contributed by atoms with Crippen LogP contribution in [0.1, 0.15) is 11.1 Å². The number of aliphatic hydroxyl groups excluding tert-OH is 1. The number of carbonyl (C=O) groups excluding carboxylic acids is 1. The Balaban J connectivity index is 1.67. The maximum absolute atomic E-state index is 11.7. The predicted molar refractivity (Wildman–Crippen MR) is 70.0 cm³/mol. The molecule has 0 aliphatic carbocycles. The lowest BCUT2D eigenvalue weighted by atomic mass is 10.0. The van der Waals surface area contributed by atoms with E-state index >= 15 is 0 Å². The standard InChI is InChI=1S/C14H20N2O2/c1-11-2-4-12(5-3-11)6-15-14(18)9-16-7-13(8-16)10-17/h2-5,13,17H,6-10H2,1H3,(H,15,18). The fraction of sp³-hybridized carbons (Fsp3) is 0.500. The second-order valence-corrected chi connectivity index (χ2v) is 5.01. The van der Waals surface area contributed by atoms with Gasteiger partial charge in [0.05, 0.1) is 6.54 Å². The molecule has 1 aliphatic rings. The number of benzene rings is 1. The number of hydrogen-bond acceptors (Lipinski definition) is 3. The summed E-state index contributed by atoms with van der Waals surface area (Å²) in [5.41, 5.74) is 2.34. The quantitative estimate of drug-likeness (QED) is 0.799. The first-order valence-corrected chi connectivity index (χ1v) is 6.33. The predicted octanol–water partition coefficient (Wildman–Crippen LogP) is 0.535. The van der Waals surface area contributed by atoms with Gasteiger partial charge < -0.3 is 10.4 Å². The van der Waals surface area contributed by atoms with Crippen molar-refractivity contribution in [1.29, 1.82) is 0 Å². The summed E-state index contributed by atoms with van der Waals surface area (Å²) in [6.07, 6.45) is 0. The highest BCUT2D eigenvalue weighted by atomic mass is 16.3. The number of aliphatic hydroxyl groups is 1. The van der Waals surface area contributed by atoms with Gasteiger partial charge in [0, 0.05) is 32.2 Å². The summed E-state index contributed by atoms with van der Waals surface area (Å²) in [5, 5.41) is 11.8. The van der Waals surface area contributed by atoms with Crippen molar-refractivity contribution in [3.8, 4) is 0 Å². The number of nitrogens with one attached hydrogen (secondary N) is 1. The Morgan fingerprint density at radius 1 is 1.39 bits per heavy atom. The molecule has 0 saturated carbocycles. The van der Waals surface area contributed by atoms with Crippen LogP contribution in [-0.4, -0.2) is 42.2 Å². The van der Waals surface area contributed by atoms with E-state index in [1.807, 2.05) is 36.1 Å². The Bertz CT molecular complexity index is 397. The number of nitrogens with zero attached hydrogens (tertiary/aromatic N) is 1.